The molecule has 10 nitrogen and oxygen atoms in total. The molecule has 0 saturated carbocycles. The summed E-state index contributed by atoms with van der Waals surface area (Å²) in [7, 11) is 0. The van der Waals surface area contributed by atoms with Gasteiger partial charge in [-0.3, -0.25) is 9.89 Å². The van der Waals surface area contributed by atoms with Gasteiger partial charge in [0.2, 0.25) is 0 Å². The van der Waals surface area contributed by atoms with E-state index in [1.54, 1.807) is 6.20 Å². The number of amides is 1. The Morgan fingerprint density at radius 2 is 1.88 bits per heavy atom. The van der Waals surface area contributed by atoms with E-state index in [1.807, 2.05) is 30.3 Å². The maximum atomic E-state index is 11.7. The van der Waals surface area contributed by atoms with Crippen molar-refractivity contribution in [2.45, 2.75) is 0 Å². The number of carbonyl (C=O) groups is 1. The number of ether oxygens (including phenoxy) is 2. The Hall–Kier alpha value is -4.18. The Balaban J connectivity index is 1.31. The minimum Gasteiger partial charge on any atom is -0.482 e. The molecule has 33 heavy (non-hydrogen) atoms. The number of carbonyl (C=O) groups excluding carboxylic acids is 1. The van der Waals surface area contributed by atoms with Gasteiger partial charge < -0.3 is 25.0 Å². The third-order valence-corrected chi connectivity index (χ3v) is 5.68. The molecule has 0 atom stereocenters. The standard InChI is InChI=1S/C23H21N7O3/c31-20-13-33-19-6-1-14(11-17(19)26-20)22-27-18-12-24-29-21(18)23(28-22)25-15-2-4-16(5-3-15)30-7-9-32-10-8-30/h1-6,11-12H,7-10,13H2,(H,24,29)(H,26,31)(H,25,27,28). The number of aromatic nitrogens is 4. The molecule has 0 aliphatic carbocycles. The van der Waals surface area contributed by atoms with E-state index in [4.69, 9.17) is 14.5 Å². The number of H-pyrrole nitrogens is 1. The van der Waals surface area contributed by atoms with Crippen molar-refractivity contribution in [1.82, 2.24) is 20.2 Å². The van der Waals surface area contributed by atoms with Crippen LogP contribution in [0.3, 0.4) is 0 Å². The van der Waals surface area contributed by atoms with Crippen LogP contribution in [0.5, 0.6) is 5.75 Å². The molecule has 0 spiro atoms. The van der Waals surface area contributed by atoms with Crippen molar-refractivity contribution >= 4 is 39.8 Å². The zero-order valence-electron chi connectivity index (χ0n) is 17.7. The van der Waals surface area contributed by atoms with Crippen molar-refractivity contribution in [1.29, 1.82) is 0 Å². The van der Waals surface area contributed by atoms with Gasteiger partial charge in [0, 0.05) is 30.0 Å². The van der Waals surface area contributed by atoms with Gasteiger partial charge in [0.15, 0.2) is 18.2 Å². The largest absolute Gasteiger partial charge is 0.482 e. The molecule has 0 unspecified atom stereocenters. The van der Waals surface area contributed by atoms with Gasteiger partial charge in [-0.15, -0.1) is 0 Å². The molecule has 10 heteroatoms. The van der Waals surface area contributed by atoms with Crippen molar-refractivity contribution in [3.63, 3.8) is 0 Å². The maximum Gasteiger partial charge on any atom is 0.262 e. The van der Waals surface area contributed by atoms with Gasteiger partial charge in [-0.2, -0.15) is 5.10 Å². The molecule has 1 amide bonds. The van der Waals surface area contributed by atoms with Crippen LogP contribution in [0, 0.1) is 0 Å². The topological polar surface area (TPSA) is 117 Å². The SMILES string of the molecule is O=C1COc2ccc(-c3nc(Nc4ccc(N5CCOCC5)cc4)c4[nH]ncc4n3)cc2N1. The first-order valence-electron chi connectivity index (χ1n) is 10.7. The highest BCUT2D eigenvalue weighted by molar-refractivity contribution is 5.96. The van der Waals surface area contributed by atoms with E-state index in [-0.39, 0.29) is 12.5 Å². The van der Waals surface area contributed by atoms with Crippen LogP contribution in [0.2, 0.25) is 0 Å². The Morgan fingerprint density at radius 1 is 1.03 bits per heavy atom. The fourth-order valence-corrected chi connectivity index (χ4v) is 4.00. The summed E-state index contributed by atoms with van der Waals surface area (Å²) in [5.74, 6) is 1.57. The summed E-state index contributed by atoms with van der Waals surface area (Å²) in [5.41, 5.74) is 4.83. The molecule has 0 radical (unpaired) electrons. The molecule has 2 aromatic carbocycles. The van der Waals surface area contributed by atoms with Gasteiger partial charge in [0.05, 0.1) is 25.1 Å². The summed E-state index contributed by atoms with van der Waals surface area (Å²) in [6.45, 7) is 3.30. The molecule has 166 valence electrons. The molecule has 2 aromatic heterocycles. The Morgan fingerprint density at radius 3 is 2.73 bits per heavy atom. The second-order valence-electron chi connectivity index (χ2n) is 7.85. The van der Waals surface area contributed by atoms with E-state index in [1.165, 1.54) is 0 Å². The molecule has 6 rings (SSSR count). The molecule has 3 N–H and O–H groups in total. The lowest BCUT2D eigenvalue weighted by molar-refractivity contribution is -0.118. The first-order valence-corrected chi connectivity index (χ1v) is 10.7. The van der Waals surface area contributed by atoms with Gasteiger partial charge in [0.1, 0.15) is 16.8 Å². The van der Waals surface area contributed by atoms with Gasteiger partial charge in [-0.1, -0.05) is 0 Å². The number of morpholine rings is 1. The fourth-order valence-electron chi connectivity index (χ4n) is 4.00. The lowest BCUT2D eigenvalue weighted by atomic mass is 10.1. The second-order valence-corrected chi connectivity index (χ2v) is 7.85. The highest BCUT2D eigenvalue weighted by Crippen LogP contribution is 2.33. The minimum absolute atomic E-state index is 0.0161. The van der Waals surface area contributed by atoms with Crippen LogP contribution in [-0.2, 0) is 9.53 Å². The van der Waals surface area contributed by atoms with E-state index in [0.717, 1.165) is 43.2 Å². The highest BCUT2D eigenvalue weighted by Gasteiger charge is 2.18. The van der Waals surface area contributed by atoms with Crippen LogP contribution >= 0.6 is 0 Å². The van der Waals surface area contributed by atoms with E-state index in [9.17, 15) is 4.79 Å². The quantitative estimate of drug-likeness (QED) is 0.441. The Bertz CT molecular complexity index is 1330. The third kappa shape index (κ3) is 3.80. The number of nitrogens with one attached hydrogen (secondary N) is 3. The van der Waals surface area contributed by atoms with E-state index in [2.05, 4.69) is 42.8 Å². The summed E-state index contributed by atoms with van der Waals surface area (Å²) in [6, 6.07) is 13.7. The average Bonchev–Trinajstić information content (AvgIpc) is 3.34. The van der Waals surface area contributed by atoms with Gasteiger partial charge in [-0.05, 0) is 42.5 Å². The zero-order chi connectivity index (χ0) is 22.2. The molecule has 2 aliphatic rings. The third-order valence-electron chi connectivity index (χ3n) is 5.68. The molecule has 4 heterocycles. The number of rotatable bonds is 4. The maximum absolute atomic E-state index is 11.7. The van der Waals surface area contributed by atoms with Crippen LogP contribution in [0.4, 0.5) is 22.9 Å². The zero-order valence-corrected chi connectivity index (χ0v) is 17.7. The van der Waals surface area contributed by atoms with Crippen LogP contribution in [-0.4, -0.2) is 59.0 Å². The highest BCUT2D eigenvalue weighted by atomic mass is 16.5. The van der Waals surface area contributed by atoms with Crippen molar-refractivity contribution in [2.24, 2.45) is 0 Å². The lowest BCUT2D eigenvalue weighted by Crippen LogP contribution is -2.36. The molecule has 0 bridgehead atoms. The smallest absolute Gasteiger partial charge is 0.262 e. The molecular weight excluding hydrogens is 422 g/mol. The van der Waals surface area contributed by atoms with Crippen LogP contribution < -0.4 is 20.3 Å². The van der Waals surface area contributed by atoms with Crippen molar-refractivity contribution in [3.8, 4) is 17.1 Å². The number of fused-ring (bicyclic) bond motifs is 2. The van der Waals surface area contributed by atoms with E-state index >= 15 is 0 Å². The number of benzene rings is 2. The summed E-state index contributed by atoms with van der Waals surface area (Å²) < 4.78 is 10.9. The van der Waals surface area contributed by atoms with Gasteiger partial charge in [0.25, 0.3) is 5.91 Å². The van der Waals surface area contributed by atoms with Crippen molar-refractivity contribution in [3.05, 3.63) is 48.7 Å². The van der Waals surface area contributed by atoms with Crippen molar-refractivity contribution in [2.75, 3.05) is 48.4 Å². The summed E-state index contributed by atoms with van der Waals surface area (Å²) >= 11 is 0. The van der Waals surface area contributed by atoms with E-state index < -0.39 is 0 Å². The minimum atomic E-state index is -0.186. The van der Waals surface area contributed by atoms with Crippen molar-refractivity contribution < 1.29 is 14.3 Å². The first-order chi connectivity index (χ1) is 16.2. The first kappa shape index (κ1) is 19.5. The average molecular weight is 443 g/mol. The van der Waals surface area contributed by atoms with E-state index in [0.29, 0.717) is 34.1 Å². The fraction of sp³-hybridized carbons (Fsp3) is 0.217. The summed E-state index contributed by atoms with van der Waals surface area (Å²) in [4.78, 5) is 23.4. The molecule has 4 aromatic rings. The Kier molecular flexibility index (Phi) is 4.76. The summed E-state index contributed by atoms with van der Waals surface area (Å²) in [6.07, 6.45) is 1.66. The second kappa shape index (κ2) is 8.06. The number of anilines is 4. The van der Waals surface area contributed by atoms with Gasteiger partial charge in [-0.25, -0.2) is 9.97 Å². The Labute approximate surface area is 188 Å². The predicted octanol–water partition coefficient (Wildman–Crippen LogP) is 2.93. The molecule has 1 fully saturated rings. The summed E-state index contributed by atoms with van der Waals surface area (Å²) in [5, 5.41) is 13.3. The van der Waals surface area contributed by atoms with Gasteiger partial charge >= 0.3 is 0 Å². The number of nitrogens with zero attached hydrogens (tertiary/aromatic N) is 4. The lowest BCUT2D eigenvalue weighted by Gasteiger charge is -2.28. The number of hydrogen-bond donors (Lipinski definition) is 3. The molecule has 1 saturated heterocycles. The van der Waals surface area contributed by atoms with Crippen LogP contribution in [0.15, 0.2) is 48.7 Å². The monoisotopic (exact) mass is 443 g/mol. The normalized spacial score (nSPS) is 15.6. The molecule has 2 aliphatic heterocycles. The predicted molar refractivity (Wildman–Crippen MR) is 124 cm³/mol. The number of aromatic amines is 1. The van der Waals surface area contributed by atoms with Crippen LogP contribution in [0.1, 0.15) is 0 Å². The van der Waals surface area contributed by atoms with Crippen LogP contribution in [0.25, 0.3) is 22.4 Å². The number of hydrogen-bond acceptors (Lipinski definition) is 8. The molecular formula is C23H21N7O3.